The number of hydrogen-bond acceptors (Lipinski definition) is 7. The average molecular weight is 607 g/mol. The summed E-state index contributed by atoms with van der Waals surface area (Å²) in [5, 5.41) is 24.6. The van der Waals surface area contributed by atoms with Gasteiger partial charge >= 0.3 is 0 Å². The van der Waals surface area contributed by atoms with Crippen molar-refractivity contribution in [3.05, 3.63) is 76.9 Å². The Morgan fingerprint density at radius 1 is 0.909 bits per heavy atom. The van der Waals surface area contributed by atoms with E-state index in [0.29, 0.717) is 39.1 Å². The Balaban J connectivity index is 1.35. The highest BCUT2D eigenvalue weighted by Gasteiger charge is 2.77. The van der Waals surface area contributed by atoms with Crippen LogP contribution in [0.2, 0.25) is 0 Å². The van der Waals surface area contributed by atoms with Crippen molar-refractivity contribution in [1.82, 2.24) is 0 Å². The lowest BCUT2D eigenvalue weighted by Gasteiger charge is -2.53. The Hall–Kier alpha value is -2.26. The summed E-state index contributed by atoms with van der Waals surface area (Å²) in [6.45, 7) is 8.07. The van der Waals surface area contributed by atoms with Gasteiger partial charge in [0.05, 0.1) is 50.8 Å². The molecule has 0 spiro atoms. The van der Waals surface area contributed by atoms with Crippen molar-refractivity contribution in [3.63, 3.8) is 0 Å². The van der Waals surface area contributed by atoms with Gasteiger partial charge in [0.2, 0.25) is 0 Å². The fraction of sp³-hybridized carbons (Fsp3) is 0.622. The second kappa shape index (κ2) is 12.2. The minimum absolute atomic E-state index is 0.0203. The highest BCUT2D eigenvalue weighted by atomic mass is 16.7. The molecular formula is C37H50O7. The fourth-order valence-electron chi connectivity index (χ4n) is 9.41. The van der Waals surface area contributed by atoms with Crippen LogP contribution in [0.5, 0.6) is 5.75 Å². The normalized spacial score (nSPS) is 37.9. The van der Waals surface area contributed by atoms with E-state index >= 15 is 0 Å². The molecule has 6 rings (SSSR count). The lowest BCUT2D eigenvalue weighted by molar-refractivity contribution is -0.141. The van der Waals surface area contributed by atoms with Gasteiger partial charge in [-0.3, -0.25) is 0 Å². The molecule has 7 heteroatoms. The molecule has 0 radical (unpaired) electrons. The van der Waals surface area contributed by atoms with Gasteiger partial charge in [0, 0.05) is 29.3 Å². The van der Waals surface area contributed by atoms with E-state index in [0.717, 1.165) is 41.7 Å². The summed E-state index contributed by atoms with van der Waals surface area (Å²) in [5.74, 6) is 0.828. The quantitative estimate of drug-likeness (QED) is 0.233. The van der Waals surface area contributed by atoms with E-state index in [2.05, 4.69) is 32.9 Å². The molecule has 2 aromatic carbocycles. The van der Waals surface area contributed by atoms with E-state index in [1.807, 2.05) is 42.5 Å². The van der Waals surface area contributed by atoms with Crippen molar-refractivity contribution in [2.45, 2.75) is 96.4 Å². The number of benzene rings is 2. The zero-order chi connectivity index (χ0) is 31.2. The molecule has 8 atom stereocenters. The van der Waals surface area contributed by atoms with Crippen molar-refractivity contribution in [2.24, 2.45) is 22.2 Å². The summed E-state index contributed by atoms with van der Waals surface area (Å²) in [6, 6.07) is 18.2. The van der Waals surface area contributed by atoms with Crippen LogP contribution in [0.15, 0.2) is 65.7 Å². The van der Waals surface area contributed by atoms with Gasteiger partial charge in [0.1, 0.15) is 12.5 Å². The van der Waals surface area contributed by atoms with Gasteiger partial charge in [-0.25, -0.2) is 0 Å². The van der Waals surface area contributed by atoms with E-state index in [9.17, 15) is 10.2 Å². The highest BCUT2D eigenvalue weighted by molar-refractivity contribution is 5.37. The molecular weight excluding hydrogens is 556 g/mol. The first-order valence-corrected chi connectivity index (χ1v) is 16.2. The molecule has 7 nitrogen and oxygen atoms in total. The van der Waals surface area contributed by atoms with Crippen molar-refractivity contribution < 1.29 is 33.9 Å². The third-order valence-corrected chi connectivity index (χ3v) is 11.8. The Kier molecular flexibility index (Phi) is 8.76. The second-order valence-corrected chi connectivity index (χ2v) is 14.3. The number of ether oxygens (including phenoxy) is 5. The summed E-state index contributed by atoms with van der Waals surface area (Å²) in [4.78, 5) is 0. The van der Waals surface area contributed by atoms with Gasteiger partial charge in [0.25, 0.3) is 0 Å². The highest BCUT2D eigenvalue weighted by Crippen LogP contribution is 2.75. The van der Waals surface area contributed by atoms with Gasteiger partial charge in [-0.05, 0) is 74.3 Å². The largest absolute Gasteiger partial charge is 0.497 e. The third-order valence-electron chi connectivity index (χ3n) is 11.8. The number of methoxy groups -OCH3 is 2. The van der Waals surface area contributed by atoms with E-state index in [-0.39, 0.29) is 35.7 Å². The first-order chi connectivity index (χ1) is 21.1. The molecule has 4 aliphatic rings. The molecule has 4 bridgehead atoms. The van der Waals surface area contributed by atoms with E-state index in [4.69, 9.17) is 23.7 Å². The summed E-state index contributed by atoms with van der Waals surface area (Å²) in [6.07, 6.45) is 3.47. The molecule has 4 aliphatic carbocycles. The summed E-state index contributed by atoms with van der Waals surface area (Å²) in [5.41, 5.74) is 2.09. The average Bonchev–Trinajstić information content (AvgIpc) is 3.61. The molecule has 0 heterocycles. The number of fused-ring (bicyclic) bond motifs is 2. The zero-order valence-electron chi connectivity index (χ0n) is 27.0. The number of rotatable bonds is 11. The van der Waals surface area contributed by atoms with E-state index in [1.54, 1.807) is 14.2 Å². The van der Waals surface area contributed by atoms with Crippen molar-refractivity contribution in [2.75, 3.05) is 27.6 Å². The predicted octanol–water partition coefficient (Wildman–Crippen LogP) is 6.21. The number of allylic oxidation sites excluding steroid dienone is 1. The standard InChI is InChI=1S/C37H50O7/c1-25-15-18-37(39)22-36-17-16-30(43-21-26-9-7-6-8-10-26)34(2,32(36)33(36)38)19-29(44-24-40-4)31(25)35(37,3)23-42-20-27-11-13-28(41-5)14-12-27/h6-14,29-30,32-33,38-39H,15-24H2,1-5H3/t29-,30-,32-,33?,34+,35+,36-,37+/m0/s1. The summed E-state index contributed by atoms with van der Waals surface area (Å²) >= 11 is 0. The molecule has 2 N–H and O–H groups in total. The first-order valence-electron chi connectivity index (χ1n) is 16.2. The predicted molar refractivity (Wildman–Crippen MR) is 168 cm³/mol. The molecule has 1 unspecified atom stereocenters. The Labute approximate surface area is 262 Å². The minimum Gasteiger partial charge on any atom is -0.497 e. The Morgan fingerprint density at radius 2 is 1.64 bits per heavy atom. The smallest absolute Gasteiger partial charge is 0.147 e. The van der Waals surface area contributed by atoms with Crippen LogP contribution in [-0.4, -0.2) is 61.7 Å². The fourth-order valence-corrected chi connectivity index (χ4v) is 9.41. The zero-order valence-corrected chi connectivity index (χ0v) is 27.0. The lowest BCUT2D eigenvalue weighted by Crippen LogP contribution is -2.56. The number of aliphatic hydroxyl groups is 2. The van der Waals surface area contributed by atoms with Gasteiger partial charge in [-0.2, -0.15) is 0 Å². The van der Waals surface area contributed by atoms with E-state index in [1.165, 1.54) is 5.57 Å². The van der Waals surface area contributed by atoms with Crippen LogP contribution in [0.4, 0.5) is 0 Å². The maximum Gasteiger partial charge on any atom is 0.147 e. The monoisotopic (exact) mass is 606 g/mol. The molecule has 0 aliphatic heterocycles. The molecule has 0 saturated heterocycles. The second-order valence-electron chi connectivity index (χ2n) is 14.3. The summed E-state index contributed by atoms with van der Waals surface area (Å²) in [7, 11) is 3.31. The molecule has 44 heavy (non-hydrogen) atoms. The Morgan fingerprint density at radius 3 is 2.34 bits per heavy atom. The molecule has 2 aromatic rings. The van der Waals surface area contributed by atoms with Gasteiger partial charge < -0.3 is 33.9 Å². The maximum atomic E-state index is 12.8. The SMILES string of the molecule is COCO[C@H]1C[C@]2(C)[C@@H](OCc3ccccc3)CC[C@@]3(C[C@]4(O)CCC(C)=C1[C@@]4(C)COCc1ccc(OC)cc1)C(O)[C@H]32. The van der Waals surface area contributed by atoms with Crippen LogP contribution >= 0.6 is 0 Å². The van der Waals surface area contributed by atoms with E-state index < -0.39 is 17.1 Å². The summed E-state index contributed by atoms with van der Waals surface area (Å²) < 4.78 is 30.6. The Bertz CT molecular complexity index is 1330. The topological polar surface area (TPSA) is 86.6 Å². The number of hydrogen-bond donors (Lipinski definition) is 2. The van der Waals surface area contributed by atoms with Crippen molar-refractivity contribution in [1.29, 1.82) is 0 Å². The lowest BCUT2D eigenvalue weighted by atomic mass is 9.57. The molecule has 0 amide bonds. The van der Waals surface area contributed by atoms with Crippen molar-refractivity contribution in [3.8, 4) is 5.75 Å². The van der Waals surface area contributed by atoms with Gasteiger partial charge in [-0.15, -0.1) is 0 Å². The number of aliphatic hydroxyl groups excluding tert-OH is 1. The molecule has 0 aromatic heterocycles. The van der Waals surface area contributed by atoms with Crippen LogP contribution in [0, 0.1) is 22.2 Å². The van der Waals surface area contributed by atoms with Crippen LogP contribution in [0.1, 0.15) is 70.4 Å². The maximum absolute atomic E-state index is 12.8. The van der Waals surface area contributed by atoms with Crippen LogP contribution < -0.4 is 4.74 Å². The van der Waals surface area contributed by atoms with Crippen LogP contribution in [0.25, 0.3) is 0 Å². The molecule has 3 fully saturated rings. The molecule has 240 valence electrons. The van der Waals surface area contributed by atoms with Crippen LogP contribution in [0.3, 0.4) is 0 Å². The first kappa shape index (κ1) is 31.7. The van der Waals surface area contributed by atoms with Gasteiger partial charge in [0.15, 0.2) is 0 Å². The minimum atomic E-state index is -1.06. The third kappa shape index (κ3) is 5.33. The van der Waals surface area contributed by atoms with Crippen LogP contribution in [-0.2, 0) is 32.2 Å². The van der Waals surface area contributed by atoms with Crippen molar-refractivity contribution >= 4 is 0 Å². The molecule has 3 saturated carbocycles. The van der Waals surface area contributed by atoms with Gasteiger partial charge in [-0.1, -0.05) is 61.9 Å².